The van der Waals surface area contributed by atoms with Gasteiger partial charge in [-0.15, -0.1) is 0 Å². The molecule has 2 amide bonds. The summed E-state index contributed by atoms with van der Waals surface area (Å²) in [6.07, 6.45) is 3.02. The van der Waals surface area contributed by atoms with E-state index in [4.69, 9.17) is 9.84 Å². The number of benzene rings is 1. The van der Waals surface area contributed by atoms with Crippen LogP contribution < -0.4 is 15.4 Å². The zero-order chi connectivity index (χ0) is 15.0. The first kappa shape index (κ1) is 15.8. The molecule has 0 fully saturated rings. The number of carbonyl (C=O) groups is 2. The molecule has 0 unspecified atom stereocenters. The molecule has 0 saturated carbocycles. The van der Waals surface area contributed by atoms with Gasteiger partial charge in [-0.05, 0) is 24.6 Å². The van der Waals surface area contributed by atoms with Crippen LogP contribution in [0, 0.1) is 0 Å². The highest BCUT2D eigenvalue weighted by atomic mass is 16.5. The van der Waals surface area contributed by atoms with Crippen LogP contribution in [0.1, 0.15) is 36.5 Å². The van der Waals surface area contributed by atoms with E-state index in [0.717, 1.165) is 19.3 Å². The van der Waals surface area contributed by atoms with Gasteiger partial charge in [-0.2, -0.15) is 0 Å². The Hall–Kier alpha value is -2.24. The summed E-state index contributed by atoms with van der Waals surface area (Å²) in [5.41, 5.74) is 0.236. The second-order valence-corrected chi connectivity index (χ2v) is 4.30. The van der Waals surface area contributed by atoms with Gasteiger partial charge in [0.15, 0.2) is 0 Å². The van der Waals surface area contributed by atoms with Gasteiger partial charge >= 0.3 is 12.0 Å². The van der Waals surface area contributed by atoms with E-state index >= 15 is 0 Å². The van der Waals surface area contributed by atoms with Crippen LogP contribution in [0.5, 0.6) is 5.75 Å². The summed E-state index contributed by atoms with van der Waals surface area (Å²) in [6, 6.07) is 4.07. The molecule has 110 valence electrons. The van der Waals surface area contributed by atoms with Crippen LogP contribution in [0.15, 0.2) is 18.2 Å². The van der Waals surface area contributed by atoms with Gasteiger partial charge in [0.2, 0.25) is 0 Å². The standard InChI is InChI=1S/C14H20N2O4/c1-3-4-5-8-15-14(19)16-12-7-6-10(20-2)9-11(12)13(17)18/h6-7,9H,3-5,8H2,1-2H3,(H,17,18)(H2,15,16,19). The number of methoxy groups -OCH3 is 1. The number of amides is 2. The van der Waals surface area contributed by atoms with Gasteiger partial charge in [0.05, 0.1) is 18.4 Å². The van der Waals surface area contributed by atoms with Crippen molar-refractivity contribution in [2.75, 3.05) is 19.0 Å². The van der Waals surface area contributed by atoms with E-state index in [2.05, 4.69) is 17.6 Å². The molecule has 0 aliphatic rings. The van der Waals surface area contributed by atoms with E-state index in [1.165, 1.54) is 19.2 Å². The Morgan fingerprint density at radius 2 is 2.05 bits per heavy atom. The first-order chi connectivity index (χ1) is 9.58. The normalized spacial score (nSPS) is 9.90. The van der Waals surface area contributed by atoms with E-state index < -0.39 is 12.0 Å². The molecule has 1 aromatic carbocycles. The van der Waals surface area contributed by atoms with Gasteiger partial charge < -0.3 is 20.5 Å². The topological polar surface area (TPSA) is 87.7 Å². The molecule has 20 heavy (non-hydrogen) atoms. The van der Waals surface area contributed by atoms with Crippen molar-refractivity contribution in [2.45, 2.75) is 26.2 Å². The van der Waals surface area contributed by atoms with Gasteiger partial charge in [0, 0.05) is 6.54 Å². The number of carboxylic acid groups (broad SMARTS) is 1. The van der Waals surface area contributed by atoms with Crippen molar-refractivity contribution in [1.82, 2.24) is 5.32 Å². The molecule has 1 rings (SSSR count). The molecule has 1 aromatic rings. The van der Waals surface area contributed by atoms with Gasteiger partial charge in [-0.1, -0.05) is 19.8 Å². The number of aromatic carboxylic acids is 1. The maximum atomic E-state index is 11.7. The number of hydrogen-bond acceptors (Lipinski definition) is 3. The largest absolute Gasteiger partial charge is 0.497 e. The van der Waals surface area contributed by atoms with E-state index in [1.807, 2.05) is 0 Å². The fourth-order valence-corrected chi connectivity index (χ4v) is 1.68. The SMILES string of the molecule is CCCCCNC(=O)Nc1ccc(OC)cc1C(=O)O. The highest BCUT2D eigenvalue weighted by Gasteiger charge is 2.13. The van der Waals surface area contributed by atoms with Crippen molar-refractivity contribution in [3.63, 3.8) is 0 Å². The quantitative estimate of drug-likeness (QED) is 0.670. The van der Waals surface area contributed by atoms with Crippen molar-refractivity contribution >= 4 is 17.7 Å². The summed E-state index contributed by atoms with van der Waals surface area (Å²) in [7, 11) is 1.45. The average molecular weight is 280 g/mol. The number of carbonyl (C=O) groups excluding carboxylic acids is 1. The summed E-state index contributed by atoms with van der Waals surface area (Å²) < 4.78 is 4.97. The smallest absolute Gasteiger partial charge is 0.337 e. The van der Waals surface area contributed by atoms with Crippen LogP contribution in [-0.4, -0.2) is 30.8 Å². The van der Waals surface area contributed by atoms with Crippen LogP contribution in [0.3, 0.4) is 0 Å². The third-order valence-electron chi connectivity index (χ3n) is 2.77. The lowest BCUT2D eigenvalue weighted by molar-refractivity contribution is 0.0697. The third kappa shape index (κ3) is 4.79. The van der Waals surface area contributed by atoms with E-state index in [-0.39, 0.29) is 11.3 Å². The zero-order valence-corrected chi connectivity index (χ0v) is 11.7. The Kier molecular flexibility index (Phi) is 6.36. The Morgan fingerprint density at radius 3 is 2.65 bits per heavy atom. The number of ether oxygens (including phenoxy) is 1. The fourth-order valence-electron chi connectivity index (χ4n) is 1.68. The van der Waals surface area contributed by atoms with Gasteiger partial charge in [0.1, 0.15) is 5.75 Å². The maximum Gasteiger partial charge on any atom is 0.337 e. The summed E-state index contributed by atoms with van der Waals surface area (Å²) in [5, 5.41) is 14.3. The molecule has 3 N–H and O–H groups in total. The van der Waals surface area contributed by atoms with E-state index in [1.54, 1.807) is 6.07 Å². The van der Waals surface area contributed by atoms with Crippen molar-refractivity contribution in [3.05, 3.63) is 23.8 Å². The summed E-state index contributed by atoms with van der Waals surface area (Å²) in [6.45, 7) is 2.65. The third-order valence-corrected chi connectivity index (χ3v) is 2.77. The minimum Gasteiger partial charge on any atom is -0.497 e. The molecule has 6 heteroatoms. The summed E-state index contributed by atoms with van der Waals surface area (Å²) in [5.74, 6) is -0.693. The van der Waals surface area contributed by atoms with Crippen LogP contribution in [0.25, 0.3) is 0 Å². The molecule has 6 nitrogen and oxygen atoms in total. The minimum atomic E-state index is -1.12. The first-order valence-corrected chi connectivity index (χ1v) is 6.54. The van der Waals surface area contributed by atoms with Crippen LogP contribution >= 0.6 is 0 Å². The van der Waals surface area contributed by atoms with Gasteiger partial charge in [-0.3, -0.25) is 0 Å². The highest BCUT2D eigenvalue weighted by molar-refractivity contribution is 6.00. The average Bonchev–Trinajstić information content (AvgIpc) is 2.43. The molecule has 0 spiro atoms. The number of nitrogens with one attached hydrogen (secondary N) is 2. The van der Waals surface area contributed by atoms with Gasteiger partial charge in [-0.25, -0.2) is 9.59 Å². The predicted molar refractivity (Wildman–Crippen MR) is 76.5 cm³/mol. The van der Waals surface area contributed by atoms with Crippen LogP contribution in [0.2, 0.25) is 0 Å². The van der Waals surface area contributed by atoms with E-state index in [0.29, 0.717) is 12.3 Å². The predicted octanol–water partition coefficient (Wildman–Crippen LogP) is 2.71. The minimum absolute atomic E-state index is 0.00643. The van der Waals surface area contributed by atoms with Crippen molar-refractivity contribution in [1.29, 1.82) is 0 Å². The summed E-state index contributed by atoms with van der Waals surface area (Å²) in [4.78, 5) is 22.8. The number of unbranched alkanes of at least 4 members (excludes halogenated alkanes) is 2. The van der Waals surface area contributed by atoms with Crippen LogP contribution in [0.4, 0.5) is 10.5 Å². The summed E-state index contributed by atoms with van der Waals surface area (Å²) >= 11 is 0. The number of hydrogen-bond donors (Lipinski definition) is 3. The van der Waals surface area contributed by atoms with Crippen LogP contribution in [-0.2, 0) is 0 Å². The molecule has 0 atom stereocenters. The Labute approximate surface area is 118 Å². The molecule has 0 heterocycles. The lowest BCUT2D eigenvalue weighted by atomic mass is 10.1. The molecule has 0 bridgehead atoms. The Balaban J connectivity index is 2.66. The van der Waals surface area contributed by atoms with E-state index in [9.17, 15) is 9.59 Å². The number of rotatable bonds is 7. The maximum absolute atomic E-state index is 11.7. The fraction of sp³-hybridized carbons (Fsp3) is 0.429. The lowest BCUT2D eigenvalue weighted by Crippen LogP contribution is -2.30. The molecule has 0 aromatic heterocycles. The van der Waals surface area contributed by atoms with Crippen molar-refractivity contribution in [3.8, 4) is 5.75 Å². The monoisotopic (exact) mass is 280 g/mol. The highest BCUT2D eigenvalue weighted by Crippen LogP contribution is 2.22. The Morgan fingerprint density at radius 1 is 1.30 bits per heavy atom. The lowest BCUT2D eigenvalue weighted by Gasteiger charge is -2.11. The van der Waals surface area contributed by atoms with Crippen molar-refractivity contribution < 1.29 is 19.4 Å². The molecule has 0 saturated heterocycles. The number of urea groups is 1. The molecular weight excluding hydrogens is 260 g/mol. The number of anilines is 1. The first-order valence-electron chi connectivity index (χ1n) is 6.54. The zero-order valence-electron chi connectivity index (χ0n) is 11.7. The second-order valence-electron chi connectivity index (χ2n) is 4.30. The molecule has 0 aliphatic heterocycles. The van der Waals surface area contributed by atoms with Gasteiger partial charge in [0.25, 0.3) is 0 Å². The van der Waals surface area contributed by atoms with Crippen molar-refractivity contribution in [2.24, 2.45) is 0 Å². The Bertz CT molecular complexity index is 474. The molecular formula is C14H20N2O4. The number of carboxylic acids is 1. The molecule has 0 radical (unpaired) electrons. The molecule has 0 aliphatic carbocycles. The second kappa shape index (κ2) is 8.04.